The van der Waals surface area contributed by atoms with E-state index in [4.69, 9.17) is 11.7 Å². The zero-order chi connectivity index (χ0) is 10.1. The van der Waals surface area contributed by atoms with Crippen LogP contribution in [-0.2, 0) is 14.3 Å². The van der Waals surface area contributed by atoms with Crippen molar-refractivity contribution < 1.29 is 49.0 Å². The Morgan fingerprint density at radius 3 is 1.85 bits per heavy atom. The summed E-state index contributed by atoms with van der Waals surface area (Å²) < 4.78 is 4.21. The molecule has 0 aliphatic carbocycles. The topological polar surface area (TPSA) is 63.6 Å². The number of carboxylic acids is 1. The van der Waals surface area contributed by atoms with Crippen LogP contribution >= 0.6 is 0 Å². The average molecular weight is 194 g/mol. The number of hydrogen-bond donors (Lipinski definition) is 1. The molecule has 0 aromatic rings. The summed E-state index contributed by atoms with van der Waals surface area (Å²) in [5, 5.41) is 7.60. The van der Waals surface area contributed by atoms with Crippen molar-refractivity contribution in [2.75, 3.05) is 7.11 Å². The molecular formula is C8H11NaO4. The minimum absolute atomic E-state index is 0. The van der Waals surface area contributed by atoms with Gasteiger partial charge in [0.15, 0.2) is 5.97 Å². The van der Waals surface area contributed by atoms with E-state index in [0.29, 0.717) is 0 Å². The molecule has 13 heavy (non-hydrogen) atoms. The van der Waals surface area contributed by atoms with Crippen LogP contribution in [0.4, 0.5) is 0 Å². The Morgan fingerprint density at radius 1 is 1.54 bits per heavy atom. The monoisotopic (exact) mass is 194 g/mol. The van der Waals surface area contributed by atoms with Gasteiger partial charge in [-0.15, -0.1) is 5.57 Å². The van der Waals surface area contributed by atoms with Crippen LogP contribution in [0.15, 0.2) is 18.2 Å². The smallest absolute Gasteiger partial charge is 0.550 e. The van der Waals surface area contributed by atoms with Crippen molar-refractivity contribution >= 4 is 11.9 Å². The zero-order valence-corrected chi connectivity index (χ0v) is 10.0. The van der Waals surface area contributed by atoms with Gasteiger partial charge in [0.2, 0.25) is 0 Å². The molecule has 0 bridgehead atoms. The summed E-state index contributed by atoms with van der Waals surface area (Å²) in [6.45, 7) is 9.44. The average Bonchev–Trinajstić information content (AvgIpc) is 2.04. The number of hydrogen-bond acceptors (Lipinski definition) is 3. The van der Waals surface area contributed by atoms with Crippen molar-refractivity contribution in [3.63, 3.8) is 0 Å². The Kier molecular flexibility index (Phi) is 16.0. The van der Waals surface area contributed by atoms with Crippen LogP contribution in [0, 0.1) is 6.58 Å². The van der Waals surface area contributed by atoms with E-state index in [1.165, 1.54) is 14.0 Å². The summed E-state index contributed by atoms with van der Waals surface area (Å²) in [5.74, 6) is -1.44. The van der Waals surface area contributed by atoms with Crippen molar-refractivity contribution in [2.45, 2.75) is 6.92 Å². The van der Waals surface area contributed by atoms with Gasteiger partial charge in [-0.25, -0.2) is 4.79 Å². The van der Waals surface area contributed by atoms with Gasteiger partial charge >= 0.3 is 35.5 Å². The van der Waals surface area contributed by atoms with E-state index in [1.807, 2.05) is 0 Å². The van der Waals surface area contributed by atoms with Crippen LogP contribution in [0.5, 0.6) is 0 Å². The number of carbonyl (C=O) groups is 2. The predicted molar refractivity (Wildman–Crippen MR) is 43.3 cm³/mol. The van der Waals surface area contributed by atoms with Gasteiger partial charge in [-0.05, 0) is 0 Å². The maximum absolute atomic E-state index is 10.1. The van der Waals surface area contributed by atoms with Gasteiger partial charge in [0.05, 0.1) is 7.11 Å². The summed E-state index contributed by atoms with van der Waals surface area (Å²) in [5.41, 5.74) is 0.183. The number of aliphatic carboxylic acids is 1. The van der Waals surface area contributed by atoms with E-state index >= 15 is 0 Å². The van der Waals surface area contributed by atoms with Gasteiger partial charge in [0.1, 0.15) is 0 Å². The Balaban J connectivity index is -0.000000150. The number of methoxy groups -OCH3 is 1. The molecule has 0 aromatic carbocycles. The summed E-state index contributed by atoms with van der Waals surface area (Å²) in [6, 6.07) is 0. The van der Waals surface area contributed by atoms with E-state index < -0.39 is 11.9 Å². The molecule has 0 saturated heterocycles. The van der Waals surface area contributed by atoms with Crippen molar-refractivity contribution in [3.05, 3.63) is 24.8 Å². The SMILES string of the molecule is C=CC(=O)O.[CH-]=C(C)C(=O)OC.[Na+]. The summed E-state index contributed by atoms with van der Waals surface area (Å²) in [6.07, 6.45) is 0.833. The third kappa shape index (κ3) is 18.4. The van der Waals surface area contributed by atoms with Crippen molar-refractivity contribution in [1.82, 2.24) is 0 Å². The second-order valence-corrected chi connectivity index (χ2v) is 1.72. The normalized spacial score (nSPS) is 6.62. The van der Waals surface area contributed by atoms with E-state index in [-0.39, 0.29) is 35.1 Å². The van der Waals surface area contributed by atoms with Gasteiger partial charge < -0.3 is 14.6 Å². The molecule has 0 heterocycles. The first-order valence-corrected chi connectivity index (χ1v) is 2.98. The molecule has 0 amide bonds. The Bertz CT molecular complexity index is 198. The molecule has 5 heteroatoms. The van der Waals surface area contributed by atoms with Crippen molar-refractivity contribution in [2.24, 2.45) is 0 Å². The molecule has 0 aromatic heterocycles. The minimum Gasteiger partial charge on any atom is -0.550 e. The number of carboxylic acid groups (broad SMARTS) is 1. The maximum atomic E-state index is 10.1. The van der Waals surface area contributed by atoms with E-state index in [0.717, 1.165) is 6.08 Å². The number of carbonyl (C=O) groups excluding carboxylic acids is 1. The third-order valence-electron chi connectivity index (χ3n) is 0.682. The van der Waals surface area contributed by atoms with Crippen LogP contribution in [0.1, 0.15) is 6.92 Å². The first-order chi connectivity index (χ1) is 5.45. The van der Waals surface area contributed by atoms with Crippen LogP contribution in [0.2, 0.25) is 0 Å². The fraction of sp³-hybridized carbons (Fsp3) is 0.250. The van der Waals surface area contributed by atoms with Crippen LogP contribution < -0.4 is 29.6 Å². The first-order valence-electron chi connectivity index (χ1n) is 2.98. The summed E-state index contributed by atoms with van der Waals surface area (Å²) in [7, 11) is 1.29. The van der Waals surface area contributed by atoms with Gasteiger partial charge in [0.25, 0.3) is 0 Å². The van der Waals surface area contributed by atoms with Crippen LogP contribution in [0.25, 0.3) is 0 Å². The molecule has 1 N–H and O–H groups in total. The van der Waals surface area contributed by atoms with Crippen LogP contribution in [0.3, 0.4) is 0 Å². The second-order valence-electron chi connectivity index (χ2n) is 1.72. The summed E-state index contributed by atoms with van der Waals surface area (Å²) in [4.78, 5) is 19.4. The van der Waals surface area contributed by atoms with Crippen molar-refractivity contribution in [1.29, 1.82) is 0 Å². The molecule has 0 aliphatic heterocycles. The Labute approximate surface area is 99.6 Å². The number of rotatable bonds is 2. The van der Waals surface area contributed by atoms with Crippen molar-refractivity contribution in [3.8, 4) is 0 Å². The largest absolute Gasteiger partial charge is 1.00 e. The standard InChI is InChI=1S/C5H7O2.C3H4O2.Na/c1-4(2)5(6)7-3;1-2-3(4)5;/h1H,2-3H3;2H,1H2,(H,4,5);/q-1;;+1. The fourth-order valence-corrected chi connectivity index (χ4v) is 0.161. The number of esters is 1. The molecule has 0 saturated carbocycles. The van der Waals surface area contributed by atoms with Gasteiger partial charge in [-0.2, -0.15) is 0 Å². The molecule has 0 aliphatic rings. The van der Waals surface area contributed by atoms with E-state index in [1.54, 1.807) is 0 Å². The predicted octanol–water partition coefficient (Wildman–Crippen LogP) is -2.20. The quantitative estimate of drug-likeness (QED) is 0.234. The summed E-state index contributed by atoms with van der Waals surface area (Å²) >= 11 is 0. The molecule has 0 unspecified atom stereocenters. The fourth-order valence-electron chi connectivity index (χ4n) is 0.161. The molecule has 4 nitrogen and oxygen atoms in total. The Hall–Kier alpha value is -0.580. The first kappa shape index (κ1) is 18.3. The molecule has 0 spiro atoms. The van der Waals surface area contributed by atoms with Gasteiger partial charge in [-0.3, -0.25) is 6.58 Å². The third-order valence-corrected chi connectivity index (χ3v) is 0.682. The second kappa shape index (κ2) is 11.4. The minimum atomic E-state index is -0.981. The van der Waals surface area contributed by atoms with Crippen LogP contribution in [-0.4, -0.2) is 24.2 Å². The Morgan fingerprint density at radius 2 is 1.85 bits per heavy atom. The van der Waals surface area contributed by atoms with E-state index in [9.17, 15) is 9.59 Å². The molecular weight excluding hydrogens is 183 g/mol. The maximum Gasteiger partial charge on any atom is 1.00 e. The van der Waals surface area contributed by atoms with Gasteiger partial charge in [-0.1, -0.05) is 13.5 Å². The zero-order valence-electron chi connectivity index (χ0n) is 8.03. The molecule has 0 fully saturated rings. The molecule has 68 valence electrons. The van der Waals surface area contributed by atoms with Gasteiger partial charge in [0, 0.05) is 6.08 Å². The number of ether oxygens (including phenoxy) is 1. The molecule has 0 radical (unpaired) electrons. The van der Waals surface area contributed by atoms with E-state index in [2.05, 4.69) is 11.3 Å². The molecule has 0 atom stereocenters. The molecule has 0 rings (SSSR count).